The van der Waals surface area contributed by atoms with Crippen molar-refractivity contribution in [2.45, 2.75) is 6.42 Å². The molecule has 0 amide bonds. The minimum absolute atomic E-state index is 0.0321. The Morgan fingerprint density at radius 2 is 2.20 bits per heavy atom. The minimum Gasteiger partial charge on any atom is -0.330 e. The second-order valence-electron chi connectivity index (χ2n) is 2.85. The van der Waals surface area contributed by atoms with Crippen molar-refractivity contribution in [3.8, 4) is 0 Å². The van der Waals surface area contributed by atoms with Crippen LogP contribution in [-0.2, 0) is 0 Å². The average Bonchev–Trinajstić information content (AvgIpc) is 2.17. The summed E-state index contributed by atoms with van der Waals surface area (Å²) in [6, 6.07) is 3.29. The predicted molar refractivity (Wildman–Crippen MR) is 51.1 cm³/mol. The summed E-state index contributed by atoms with van der Waals surface area (Å²) in [5, 5.41) is 10.5. The number of carbonyl (C=O) groups is 1. The molecule has 5 nitrogen and oxygen atoms in total. The van der Waals surface area contributed by atoms with Gasteiger partial charge in [-0.25, -0.2) is 4.39 Å². The average molecular weight is 212 g/mol. The molecule has 1 rings (SSSR count). The van der Waals surface area contributed by atoms with Gasteiger partial charge in [0.15, 0.2) is 5.78 Å². The Bertz CT molecular complexity index is 406. The van der Waals surface area contributed by atoms with Gasteiger partial charge in [-0.1, -0.05) is 6.07 Å². The quantitative estimate of drug-likeness (QED) is 0.462. The summed E-state index contributed by atoms with van der Waals surface area (Å²) < 4.78 is 13.2. The third-order valence-corrected chi connectivity index (χ3v) is 1.84. The van der Waals surface area contributed by atoms with Crippen molar-refractivity contribution in [1.29, 1.82) is 0 Å². The normalized spacial score (nSPS) is 10.0. The lowest BCUT2D eigenvalue weighted by Crippen LogP contribution is -2.11. The van der Waals surface area contributed by atoms with Crippen LogP contribution in [0.15, 0.2) is 18.2 Å². The van der Waals surface area contributed by atoms with Crippen LogP contribution < -0.4 is 5.73 Å². The highest BCUT2D eigenvalue weighted by atomic mass is 19.1. The number of carbonyl (C=O) groups excluding carboxylic acids is 1. The summed E-state index contributed by atoms with van der Waals surface area (Å²) in [7, 11) is 0. The van der Waals surface area contributed by atoms with Gasteiger partial charge in [0.05, 0.1) is 4.92 Å². The van der Waals surface area contributed by atoms with Crippen LogP contribution in [0, 0.1) is 15.9 Å². The molecule has 0 unspecified atom stereocenters. The maximum atomic E-state index is 13.2. The van der Waals surface area contributed by atoms with Gasteiger partial charge in [-0.05, 0) is 12.6 Å². The second-order valence-corrected chi connectivity index (χ2v) is 2.85. The van der Waals surface area contributed by atoms with E-state index in [1.807, 2.05) is 0 Å². The third kappa shape index (κ3) is 2.35. The lowest BCUT2D eigenvalue weighted by Gasteiger charge is -2.02. The number of benzene rings is 1. The van der Waals surface area contributed by atoms with Crippen LogP contribution in [0.3, 0.4) is 0 Å². The van der Waals surface area contributed by atoms with Crippen LogP contribution in [-0.4, -0.2) is 17.3 Å². The van der Waals surface area contributed by atoms with Crippen molar-refractivity contribution < 1.29 is 14.1 Å². The SMILES string of the molecule is NCCC(=O)c1c(F)cccc1[N+](=O)[O-]. The molecule has 1 aromatic rings. The number of ketones is 1. The number of nitrogens with zero attached hydrogens (tertiary/aromatic N) is 1. The molecular weight excluding hydrogens is 203 g/mol. The molecule has 0 saturated heterocycles. The van der Waals surface area contributed by atoms with Gasteiger partial charge >= 0.3 is 0 Å². The molecule has 0 aromatic heterocycles. The number of Topliss-reactive ketones (excluding diaryl/α,β-unsaturated/α-hetero) is 1. The Morgan fingerprint density at radius 1 is 1.53 bits per heavy atom. The molecule has 6 heteroatoms. The van der Waals surface area contributed by atoms with Crippen LogP contribution in [0.2, 0.25) is 0 Å². The van der Waals surface area contributed by atoms with E-state index in [4.69, 9.17) is 5.73 Å². The van der Waals surface area contributed by atoms with Gasteiger partial charge in [0.25, 0.3) is 5.69 Å². The Morgan fingerprint density at radius 3 is 2.73 bits per heavy atom. The fraction of sp³-hybridized carbons (Fsp3) is 0.222. The molecule has 0 heterocycles. The first kappa shape index (κ1) is 11.3. The molecule has 0 aliphatic rings. The molecule has 0 spiro atoms. The van der Waals surface area contributed by atoms with Gasteiger partial charge in [-0.3, -0.25) is 14.9 Å². The van der Waals surface area contributed by atoms with Gasteiger partial charge in [0.1, 0.15) is 11.4 Å². The number of hydrogen-bond acceptors (Lipinski definition) is 4. The van der Waals surface area contributed by atoms with Crippen molar-refractivity contribution >= 4 is 11.5 Å². The van der Waals surface area contributed by atoms with E-state index >= 15 is 0 Å². The number of nitrogens with two attached hydrogens (primary N) is 1. The topological polar surface area (TPSA) is 86.2 Å². The van der Waals surface area contributed by atoms with Crippen molar-refractivity contribution in [2.75, 3.05) is 6.54 Å². The van der Waals surface area contributed by atoms with Gasteiger partial charge in [-0.2, -0.15) is 0 Å². The van der Waals surface area contributed by atoms with Crippen molar-refractivity contribution in [2.24, 2.45) is 5.73 Å². The van der Waals surface area contributed by atoms with E-state index in [0.29, 0.717) is 0 Å². The van der Waals surface area contributed by atoms with Crippen molar-refractivity contribution in [3.63, 3.8) is 0 Å². The van der Waals surface area contributed by atoms with E-state index in [1.54, 1.807) is 0 Å². The first-order chi connectivity index (χ1) is 7.07. The third-order valence-electron chi connectivity index (χ3n) is 1.84. The summed E-state index contributed by atoms with van der Waals surface area (Å²) in [6.07, 6.45) is -0.109. The zero-order valence-electron chi connectivity index (χ0n) is 7.77. The first-order valence-electron chi connectivity index (χ1n) is 4.24. The predicted octanol–water partition coefficient (Wildman–Crippen LogP) is 1.27. The lowest BCUT2D eigenvalue weighted by atomic mass is 10.1. The molecular formula is C9H9FN2O3. The molecule has 0 aliphatic carbocycles. The number of rotatable bonds is 4. The van der Waals surface area contributed by atoms with E-state index < -0.39 is 27.8 Å². The molecule has 0 fully saturated rings. The first-order valence-corrected chi connectivity index (χ1v) is 4.24. The van der Waals surface area contributed by atoms with Crippen LogP contribution in [0.1, 0.15) is 16.8 Å². The lowest BCUT2D eigenvalue weighted by molar-refractivity contribution is -0.385. The molecule has 1 aromatic carbocycles. The van der Waals surface area contributed by atoms with Gasteiger partial charge < -0.3 is 5.73 Å². The molecule has 15 heavy (non-hydrogen) atoms. The largest absolute Gasteiger partial charge is 0.330 e. The molecule has 0 radical (unpaired) electrons. The van der Waals surface area contributed by atoms with Crippen molar-refractivity contribution in [1.82, 2.24) is 0 Å². The van der Waals surface area contributed by atoms with Crippen molar-refractivity contribution in [3.05, 3.63) is 39.7 Å². The van der Waals surface area contributed by atoms with Gasteiger partial charge in [-0.15, -0.1) is 0 Å². The highest BCUT2D eigenvalue weighted by Crippen LogP contribution is 2.22. The number of hydrogen-bond donors (Lipinski definition) is 1. The highest BCUT2D eigenvalue weighted by molar-refractivity contribution is 6.00. The summed E-state index contributed by atoms with van der Waals surface area (Å²) in [4.78, 5) is 21.1. The van der Waals surface area contributed by atoms with Gasteiger partial charge in [0, 0.05) is 12.5 Å². The molecule has 0 bridgehead atoms. The Hall–Kier alpha value is -1.82. The van der Waals surface area contributed by atoms with E-state index in [-0.39, 0.29) is 13.0 Å². The fourth-order valence-electron chi connectivity index (χ4n) is 1.20. The molecule has 0 saturated carbocycles. The summed E-state index contributed by atoms with van der Waals surface area (Å²) in [6.45, 7) is 0.0321. The van der Waals surface area contributed by atoms with E-state index in [0.717, 1.165) is 12.1 Å². The van der Waals surface area contributed by atoms with E-state index in [2.05, 4.69) is 0 Å². The molecule has 0 atom stereocenters. The maximum absolute atomic E-state index is 13.2. The minimum atomic E-state index is -0.886. The van der Waals surface area contributed by atoms with Crippen LogP contribution >= 0.6 is 0 Å². The number of halogens is 1. The highest BCUT2D eigenvalue weighted by Gasteiger charge is 2.23. The number of nitro benzene ring substituents is 1. The summed E-state index contributed by atoms with van der Waals surface area (Å²) in [5.41, 5.74) is 4.12. The fourth-order valence-corrected chi connectivity index (χ4v) is 1.20. The molecule has 2 N–H and O–H groups in total. The standard InChI is InChI=1S/C9H9FN2O3/c10-6-2-1-3-7(12(14)15)9(6)8(13)4-5-11/h1-3H,4-5,11H2. The zero-order chi connectivity index (χ0) is 11.4. The summed E-state index contributed by atoms with van der Waals surface area (Å²) >= 11 is 0. The van der Waals surface area contributed by atoms with Crippen LogP contribution in [0.4, 0.5) is 10.1 Å². The van der Waals surface area contributed by atoms with Crippen LogP contribution in [0.5, 0.6) is 0 Å². The zero-order valence-corrected chi connectivity index (χ0v) is 7.77. The molecule has 0 aliphatic heterocycles. The number of nitro groups is 1. The Kier molecular flexibility index (Phi) is 3.46. The second kappa shape index (κ2) is 4.61. The summed E-state index contributed by atoms with van der Waals surface area (Å²) in [5.74, 6) is -1.54. The molecule has 80 valence electrons. The maximum Gasteiger partial charge on any atom is 0.283 e. The monoisotopic (exact) mass is 212 g/mol. The van der Waals surface area contributed by atoms with E-state index in [9.17, 15) is 19.3 Å². The Balaban J connectivity index is 3.24. The van der Waals surface area contributed by atoms with E-state index in [1.165, 1.54) is 6.07 Å². The Labute approximate surface area is 84.8 Å². The van der Waals surface area contributed by atoms with Gasteiger partial charge in [0.2, 0.25) is 0 Å². The smallest absolute Gasteiger partial charge is 0.283 e. The van der Waals surface area contributed by atoms with Crippen LogP contribution in [0.25, 0.3) is 0 Å².